The minimum absolute atomic E-state index is 0.0729. The molecule has 0 atom stereocenters. The summed E-state index contributed by atoms with van der Waals surface area (Å²) in [6.45, 7) is 2.00. The molecule has 41 heavy (non-hydrogen) atoms. The van der Waals surface area contributed by atoms with Crippen LogP contribution in [-0.2, 0) is 6.42 Å². The Morgan fingerprint density at radius 1 is 1.00 bits per heavy atom. The van der Waals surface area contributed by atoms with Crippen molar-refractivity contribution >= 4 is 28.7 Å². The minimum Gasteiger partial charge on any atom is -0.349 e. The third-order valence-electron chi connectivity index (χ3n) is 8.33. The number of carbonyl (C=O) groups is 1. The van der Waals surface area contributed by atoms with Crippen LogP contribution in [0.3, 0.4) is 0 Å². The van der Waals surface area contributed by atoms with Crippen molar-refractivity contribution in [2.45, 2.75) is 70.0 Å². The molecule has 2 fully saturated rings. The number of rotatable bonds is 6. The van der Waals surface area contributed by atoms with E-state index in [9.17, 15) is 18.8 Å². The van der Waals surface area contributed by atoms with Gasteiger partial charge in [0.25, 0.3) is 11.5 Å². The highest BCUT2D eigenvalue weighted by Crippen LogP contribution is 2.30. The van der Waals surface area contributed by atoms with E-state index in [1.54, 1.807) is 15.4 Å². The Hall–Kier alpha value is -3.73. The number of hydrogen-bond donors (Lipinski definition) is 1. The zero-order chi connectivity index (χ0) is 28.5. The van der Waals surface area contributed by atoms with E-state index in [0.717, 1.165) is 41.9 Å². The van der Waals surface area contributed by atoms with E-state index in [2.05, 4.69) is 15.4 Å². The van der Waals surface area contributed by atoms with Crippen LogP contribution < -0.4 is 16.6 Å². The van der Waals surface area contributed by atoms with Crippen molar-refractivity contribution in [3.63, 3.8) is 0 Å². The average Bonchev–Trinajstić information content (AvgIpc) is 3.44. The summed E-state index contributed by atoms with van der Waals surface area (Å²) in [5.41, 5.74) is 1.69. The molecular weight excluding hydrogens is 543 g/mol. The van der Waals surface area contributed by atoms with Crippen molar-refractivity contribution in [3.8, 4) is 5.69 Å². The molecule has 0 unspecified atom stereocenters. The van der Waals surface area contributed by atoms with E-state index >= 15 is 0 Å². The lowest BCUT2D eigenvalue weighted by Crippen LogP contribution is -2.46. The molecule has 0 spiro atoms. The molecule has 3 aromatic heterocycles. The van der Waals surface area contributed by atoms with Crippen LogP contribution in [0.2, 0.25) is 0 Å². The number of fused-ring (bicyclic) bond motifs is 1. The number of hydrogen-bond acceptors (Lipinski definition) is 6. The van der Waals surface area contributed by atoms with Gasteiger partial charge in [0.05, 0.1) is 34.7 Å². The van der Waals surface area contributed by atoms with Gasteiger partial charge in [-0.1, -0.05) is 25.1 Å². The molecule has 1 saturated carbocycles. The van der Waals surface area contributed by atoms with E-state index in [4.69, 9.17) is 0 Å². The molecule has 0 radical (unpaired) electrons. The Kier molecular flexibility index (Phi) is 7.79. The van der Waals surface area contributed by atoms with Crippen LogP contribution in [0.4, 0.5) is 4.39 Å². The summed E-state index contributed by atoms with van der Waals surface area (Å²) < 4.78 is 18.9. The van der Waals surface area contributed by atoms with E-state index in [-0.39, 0.29) is 40.8 Å². The first-order chi connectivity index (χ1) is 20.0. The number of nitrogens with one attached hydrogen (secondary N) is 1. The molecule has 11 heteroatoms. The predicted molar refractivity (Wildman–Crippen MR) is 158 cm³/mol. The van der Waals surface area contributed by atoms with Gasteiger partial charge in [0.15, 0.2) is 0 Å². The molecule has 0 bridgehead atoms. The number of pyridine rings is 1. The van der Waals surface area contributed by atoms with Crippen molar-refractivity contribution < 1.29 is 9.18 Å². The second-order valence-electron chi connectivity index (χ2n) is 10.8. The summed E-state index contributed by atoms with van der Waals surface area (Å²) >= 11 is 1.84. The van der Waals surface area contributed by atoms with Gasteiger partial charge in [-0.3, -0.25) is 18.7 Å². The van der Waals surface area contributed by atoms with Crippen molar-refractivity contribution in [3.05, 3.63) is 86.7 Å². The summed E-state index contributed by atoms with van der Waals surface area (Å²) in [5.74, 6) is 1.08. The van der Waals surface area contributed by atoms with Crippen LogP contribution in [0.5, 0.6) is 0 Å². The van der Waals surface area contributed by atoms with Crippen LogP contribution in [0.25, 0.3) is 16.7 Å². The van der Waals surface area contributed by atoms with E-state index in [0.29, 0.717) is 37.7 Å². The number of aromatic nitrogens is 5. The number of halogens is 1. The molecule has 1 aromatic carbocycles. The van der Waals surface area contributed by atoms with Gasteiger partial charge in [-0.05, 0) is 74.7 Å². The van der Waals surface area contributed by atoms with E-state index in [1.165, 1.54) is 10.6 Å². The summed E-state index contributed by atoms with van der Waals surface area (Å²) in [7, 11) is 0. The highest BCUT2D eigenvalue weighted by Gasteiger charge is 2.30. The van der Waals surface area contributed by atoms with Gasteiger partial charge in [0, 0.05) is 18.1 Å². The average molecular weight is 577 g/mol. The fourth-order valence-electron chi connectivity index (χ4n) is 6.24. The third-order valence-corrected chi connectivity index (χ3v) is 9.37. The molecule has 1 aliphatic carbocycles. The maximum Gasteiger partial charge on any atom is 0.333 e. The predicted octanol–water partition coefficient (Wildman–Crippen LogP) is 4.43. The third kappa shape index (κ3) is 5.23. The maximum atomic E-state index is 14.2. The molecule has 9 nitrogen and oxygen atoms in total. The fourth-order valence-corrected chi connectivity index (χ4v) is 7.32. The molecule has 6 rings (SSSR count). The van der Waals surface area contributed by atoms with Gasteiger partial charge in [-0.2, -0.15) is 16.9 Å². The summed E-state index contributed by atoms with van der Waals surface area (Å²) in [6, 6.07) is 10.4. The number of para-hydroxylation sites is 1. The highest BCUT2D eigenvalue weighted by atomic mass is 32.2. The molecule has 1 saturated heterocycles. The van der Waals surface area contributed by atoms with Gasteiger partial charge in [-0.15, -0.1) is 0 Å². The molecule has 214 valence electrons. The summed E-state index contributed by atoms with van der Waals surface area (Å²) in [5, 5.41) is 7.76. The number of amides is 1. The number of carbonyl (C=O) groups excluding carboxylic acids is 1. The molecule has 4 aromatic rings. The van der Waals surface area contributed by atoms with Crippen LogP contribution >= 0.6 is 11.8 Å². The second-order valence-corrected chi connectivity index (χ2v) is 12.0. The van der Waals surface area contributed by atoms with Crippen molar-refractivity contribution in [2.24, 2.45) is 0 Å². The Labute approximate surface area is 240 Å². The lowest BCUT2D eigenvalue weighted by atomic mass is 9.90. The van der Waals surface area contributed by atoms with Crippen molar-refractivity contribution in [1.82, 2.24) is 29.2 Å². The van der Waals surface area contributed by atoms with E-state index < -0.39 is 11.4 Å². The van der Waals surface area contributed by atoms with Gasteiger partial charge in [-0.25, -0.2) is 18.9 Å². The van der Waals surface area contributed by atoms with Crippen LogP contribution in [0.1, 0.15) is 73.6 Å². The number of benzene rings is 1. The lowest BCUT2D eigenvalue weighted by molar-refractivity contribution is 0.0921. The second kappa shape index (κ2) is 11.6. The number of thioether (sulfide) groups is 1. The van der Waals surface area contributed by atoms with Crippen LogP contribution in [0.15, 0.2) is 58.4 Å². The van der Waals surface area contributed by atoms with Crippen LogP contribution in [-0.4, -0.2) is 47.4 Å². The summed E-state index contributed by atoms with van der Waals surface area (Å²) in [4.78, 5) is 44.8. The minimum atomic E-state index is -0.598. The Morgan fingerprint density at radius 3 is 2.41 bits per heavy atom. The molecule has 4 heterocycles. The van der Waals surface area contributed by atoms with Crippen LogP contribution in [0, 0.1) is 5.82 Å². The quantitative estimate of drug-likeness (QED) is 0.364. The van der Waals surface area contributed by atoms with Gasteiger partial charge in [0.2, 0.25) is 0 Å². The first-order valence-electron chi connectivity index (χ1n) is 14.3. The maximum absolute atomic E-state index is 14.2. The molecule has 1 N–H and O–H groups in total. The standard InChI is InChI=1S/C30H33FN6O3S/c1-2-26-25(18-33-37(26)23-6-4-3-5-7-23)28(38)34-20-8-10-21(11-9-20)36-29(39)24-16-19(31)17-32-27(24)35(30(36)40)22-12-14-41-15-13-22/h3-7,16-18,20-22H,2,8-15H2,1H3,(H,34,38)/t20-,21+. The largest absolute Gasteiger partial charge is 0.349 e. The zero-order valence-corrected chi connectivity index (χ0v) is 23.8. The highest BCUT2D eigenvalue weighted by molar-refractivity contribution is 7.99. The first-order valence-corrected chi connectivity index (χ1v) is 15.4. The SMILES string of the molecule is CCc1c(C(=O)N[C@H]2CC[C@@H](n3c(=O)c4cc(F)cnc4n(C4CCSCC4)c3=O)CC2)cnn1-c1ccccc1. The molecular formula is C30H33FN6O3S. The zero-order valence-electron chi connectivity index (χ0n) is 23.0. The normalized spacial score (nSPS) is 19.9. The van der Waals surface area contributed by atoms with Gasteiger partial charge >= 0.3 is 5.69 Å². The monoisotopic (exact) mass is 576 g/mol. The van der Waals surface area contributed by atoms with Gasteiger partial charge < -0.3 is 5.32 Å². The molecule has 1 amide bonds. The Bertz CT molecular complexity index is 1680. The Morgan fingerprint density at radius 2 is 1.71 bits per heavy atom. The van der Waals surface area contributed by atoms with Gasteiger partial charge in [0.1, 0.15) is 11.5 Å². The molecule has 2 aliphatic rings. The summed E-state index contributed by atoms with van der Waals surface area (Å²) in [6.07, 6.45) is 7.29. The molecule has 1 aliphatic heterocycles. The number of nitrogens with zero attached hydrogens (tertiary/aromatic N) is 5. The topological polar surface area (TPSA) is 104 Å². The lowest BCUT2D eigenvalue weighted by Gasteiger charge is -2.31. The van der Waals surface area contributed by atoms with Crippen molar-refractivity contribution in [2.75, 3.05) is 11.5 Å². The smallest absolute Gasteiger partial charge is 0.333 e. The van der Waals surface area contributed by atoms with Crippen molar-refractivity contribution in [1.29, 1.82) is 0 Å². The Balaban J connectivity index is 1.22. The van der Waals surface area contributed by atoms with E-state index in [1.807, 2.05) is 49.0 Å². The first kappa shape index (κ1) is 27.4. The fraction of sp³-hybridized carbons (Fsp3) is 0.433.